The molecule has 2 rings (SSSR count). The normalized spacial score (nSPS) is 24.5. The van der Waals surface area contributed by atoms with Gasteiger partial charge in [-0.25, -0.2) is 4.98 Å². The van der Waals surface area contributed by atoms with Gasteiger partial charge in [0.25, 0.3) is 0 Å². The van der Waals surface area contributed by atoms with Gasteiger partial charge in [-0.1, -0.05) is 0 Å². The minimum absolute atomic E-state index is 0.122. The number of carbonyl (C=O) groups excluding carboxylic acids is 1. The van der Waals surface area contributed by atoms with Gasteiger partial charge in [-0.3, -0.25) is 9.89 Å². The molecule has 1 fully saturated rings. The van der Waals surface area contributed by atoms with Crippen molar-refractivity contribution in [1.82, 2.24) is 20.5 Å². The lowest BCUT2D eigenvalue weighted by molar-refractivity contribution is -0.126. The van der Waals surface area contributed by atoms with Crippen molar-refractivity contribution in [1.29, 1.82) is 0 Å². The van der Waals surface area contributed by atoms with Crippen LogP contribution in [-0.4, -0.2) is 27.6 Å². The van der Waals surface area contributed by atoms with Gasteiger partial charge in [0.05, 0.1) is 6.54 Å². The Bertz CT molecular complexity index is 343. The summed E-state index contributed by atoms with van der Waals surface area (Å²) < 4.78 is 0. The Labute approximate surface area is 100 Å². The van der Waals surface area contributed by atoms with Crippen molar-refractivity contribution < 1.29 is 4.79 Å². The number of aromatic nitrogens is 3. The third-order valence-corrected chi connectivity index (χ3v) is 3.45. The van der Waals surface area contributed by atoms with Crippen LogP contribution < -0.4 is 11.1 Å². The van der Waals surface area contributed by atoms with Crippen LogP contribution in [0.25, 0.3) is 0 Å². The first kappa shape index (κ1) is 12.0. The Hall–Kier alpha value is -1.43. The van der Waals surface area contributed by atoms with Crippen LogP contribution in [0.3, 0.4) is 0 Å². The lowest BCUT2D eigenvalue weighted by Gasteiger charge is -2.26. The van der Waals surface area contributed by atoms with Crippen molar-refractivity contribution in [3.63, 3.8) is 0 Å². The smallest absolute Gasteiger partial charge is 0.223 e. The zero-order chi connectivity index (χ0) is 12.1. The molecular formula is C11H19N5O. The average Bonchev–Trinajstić information content (AvgIpc) is 2.89. The van der Waals surface area contributed by atoms with Crippen LogP contribution in [0, 0.1) is 11.8 Å². The lowest BCUT2D eigenvalue weighted by atomic mass is 9.81. The quantitative estimate of drug-likeness (QED) is 0.696. The van der Waals surface area contributed by atoms with Gasteiger partial charge < -0.3 is 11.1 Å². The summed E-state index contributed by atoms with van der Waals surface area (Å²) in [5.74, 6) is 1.56. The molecule has 1 aliphatic carbocycles. The number of carbonyl (C=O) groups is 1. The molecule has 1 aromatic heterocycles. The van der Waals surface area contributed by atoms with E-state index in [2.05, 4.69) is 20.5 Å². The van der Waals surface area contributed by atoms with Crippen LogP contribution in [0.5, 0.6) is 0 Å². The minimum Gasteiger partial charge on any atom is -0.349 e. The van der Waals surface area contributed by atoms with Crippen molar-refractivity contribution in [2.45, 2.75) is 32.2 Å². The number of nitrogens with two attached hydrogens (primary N) is 1. The molecule has 6 heteroatoms. The predicted molar refractivity (Wildman–Crippen MR) is 62.7 cm³/mol. The average molecular weight is 237 g/mol. The van der Waals surface area contributed by atoms with Gasteiger partial charge in [0, 0.05) is 5.92 Å². The number of hydrogen-bond acceptors (Lipinski definition) is 4. The van der Waals surface area contributed by atoms with Gasteiger partial charge in [-0.15, -0.1) is 0 Å². The summed E-state index contributed by atoms with van der Waals surface area (Å²) in [6.45, 7) is 1.17. The van der Waals surface area contributed by atoms with Crippen molar-refractivity contribution in [2.75, 3.05) is 6.54 Å². The van der Waals surface area contributed by atoms with E-state index in [4.69, 9.17) is 5.73 Å². The molecule has 0 spiro atoms. The molecule has 0 aromatic carbocycles. The van der Waals surface area contributed by atoms with Crippen LogP contribution in [0.15, 0.2) is 6.33 Å². The van der Waals surface area contributed by atoms with Gasteiger partial charge >= 0.3 is 0 Å². The van der Waals surface area contributed by atoms with E-state index in [0.717, 1.165) is 32.2 Å². The van der Waals surface area contributed by atoms with Crippen molar-refractivity contribution in [3.8, 4) is 0 Å². The summed E-state index contributed by atoms with van der Waals surface area (Å²) in [5.41, 5.74) is 5.63. The third-order valence-electron chi connectivity index (χ3n) is 3.45. The van der Waals surface area contributed by atoms with Gasteiger partial charge in [-0.2, -0.15) is 5.10 Å². The van der Waals surface area contributed by atoms with Crippen molar-refractivity contribution in [2.24, 2.45) is 17.6 Å². The van der Waals surface area contributed by atoms with E-state index in [-0.39, 0.29) is 11.8 Å². The minimum atomic E-state index is 0.122. The van der Waals surface area contributed by atoms with E-state index < -0.39 is 0 Å². The lowest BCUT2D eigenvalue weighted by Crippen LogP contribution is -2.34. The SMILES string of the molecule is NCC1CCC(C(=O)NCc2ncn[nH]2)CC1. The Kier molecular flexibility index (Phi) is 4.08. The highest BCUT2D eigenvalue weighted by Crippen LogP contribution is 2.28. The molecule has 94 valence electrons. The van der Waals surface area contributed by atoms with Gasteiger partial charge in [0.2, 0.25) is 5.91 Å². The van der Waals surface area contributed by atoms with Crippen LogP contribution in [-0.2, 0) is 11.3 Å². The number of nitrogens with zero attached hydrogens (tertiary/aromatic N) is 2. The first-order valence-electron chi connectivity index (χ1n) is 6.11. The number of H-pyrrole nitrogens is 1. The standard InChI is InChI=1S/C11H19N5O/c12-5-8-1-3-9(4-2-8)11(17)13-6-10-14-7-15-16-10/h7-9H,1-6,12H2,(H,13,17)(H,14,15,16). The number of nitrogens with one attached hydrogen (secondary N) is 2. The highest BCUT2D eigenvalue weighted by molar-refractivity contribution is 5.78. The highest BCUT2D eigenvalue weighted by atomic mass is 16.1. The maximum atomic E-state index is 11.9. The number of aromatic amines is 1. The van der Waals surface area contributed by atoms with Crippen molar-refractivity contribution >= 4 is 5.91 Å². The molecule has 0 radical (unpaired) electrons. The molecule has 0 bridgehead atoms. The largest absolute Gasteiger partial charge is 0.349 e. The van der Waals surface area contributed by atoms with Gasteiger partial charge in [-0.05, 0) is 38.1 Å². The predicted octanol–water partition coefficient (Wildman–Crippen LogP) is 0.186. The molecule has 1 amide bonds. The van der Waals surface area contributed by atoms with E-state index in [1.54, 1.807) is 0 Å². The first-order valence-corrected chi connectivity index (χ1v) is 6.11. The molecule has 0 unspecified atom stereocenters. The van der Waals surface area contributed by atoms with Crippen LogP contribution >= 0.6 is 0 Å². The molecule has 0 aliphatic heterocycles. The fraction of sp³-hybridized carbons (Fsp3) is 0.727. The second kappa shape index (κ2) is 5.77. The molecule has 1 heterocycles. The highest BCUT2D eigenvalue weighted by Gasteiger charge is 2.25. The number of hydrogen-bond donors (Lipinski definition) is 3. The molecular weight excluding hydrogens is 218 g/mol. The summed E-state index contributed by atoms with van der Waals surface area (Å²) in [6.07, 6.45) is 5.47. The summed E-state index contributed by atoms with van der Waals surface area (Å²) in [7, 11) is 0. The number of rotatable bonds is 4. The fourth-order valence-electron chi connectivity index (χ4n) is 2.29. The van der Waals surface area contributed by atoms with E-state index in [1.807, 2.05) is 0 Å². The second-order valence-corrected chi connectivity index (χ2v) is 4.60. The third kappa shape index (κ3) is 3.26. The monoisotopic (exact) mass is 237 g/mol. The van der Waals surface area contributed by atoms with E-state index in [0.29, 0.717) is 18.3 Å². The molecule has 1 aromatic rings. The maximum absolute atomic E-state index is 11.9. The molecule has 17 heavy (non-hydrogen) atoms. The van der Waals surface area contributed by atoms with Gasteiger partial charge in [0.1, 0.15) is 12.2 Å². The van der Waals surface area contributed by atoms with Crippen LogP contribution in [0.4, 0.5) is 0 Å². The summed E-state index contributed by atoms with van der Waals surface area (Å²) in [6, 6.07) is 0. The topological polar surface area (TPSA) is 96.7 Å². The summed E-state index contributed by atoms with van der Waals surface area (Å²) in [5, 5.41) is 9.34. The second-order valence-electron chi connectivity index (χ2n) is 4.60. The van der Waals surface area contributed by atoms with E-state index in [1.165, 1.54) is 6.33 Å². The Morgan fingerprint density at radius 1 is 1.47 bits per heavy atom. The van der Waals surface area contributed by atoms with E-state index >= 15 is 0 Å². The van der Waals surface area contributed by atoms with Crippen LogP contribution in [0.1, 0.15) is 31.5 Å². The summed E-state index contributed by atoms with van der Waals surface area (Å²) >= 11 is 0. The first-order chi connectivity index (χ1) is 8.29. The Morgan fingerprint density at radius 2 is 2.24 bits per heavy atom. The zero-order valence-electron chi connectivity index (χ0n) is 9.85. The van der Waals surface area contributed by atoms with Crippen LogP contribution in [0.2, 0.25) is 0 Å². The molecule has 1 saturated carbocycles. The molecule has 0 saturated heterocycles. The van der Waals surface area contributed by atoms with Crippen molar-refractivity contribution in [3.05, 3.63) is 12.2 Å². The Morgan fingerprint density at radius 3 is 2.82 bits per heavy atom. The van der Waals surface area contributed by atoms with E-state index in [9.17, 15) is 4.79 Å². The fourth-order valence-corrected chi connectivity index (χ4v) is 2.29. The zero-order valence-corrected chi connectivity index (χ0v) is 9.85. The maximum Gasteiger partial charge on any atom is 0.223 e. The molecule has 6 nitrogen and oxygen atoms in total. The summed E-state index contributed by atoms with van der Waals surface area (Å²) in [4.78, 5) is 15.8. The molecule has 4 N–H and O–H groups in total. The molecule has 1 aliphatic rings. The van der Waals surface area contributed by atoms with Gasteiger partial charge in [0.15, 0.2) is 0 Å². The molecule has 0 atom stereocenters. The Balaban J connectivity index is 1.73. The number of amides is 1.